The lowest BCUT2D eigenvalue weighted by Gasteiger charge is -2.22. The van der Waals surface area contributed by atoms with Gasteiger partial charge in [0.2, 0.25) is 0 Å². The van der Waals surface area contributed by atoms with Crippen molar-refractivity contribution < 1.29 is 14.3 Å². The van der Waals surface area contributed by atoms with Crippen LogP contribution < -0.4 is 4.74 Å². The molecule has 2 rings (SSSR count). The van der Waals surface area contributed by atoms with Crippen LogP contribution in [0.3, 0.4) is 0 Å². The first kappa shape index (κ1) is 13.7. The zero-order chi connectivity index (χ0) is 14.2. The summed E-state index contributed by atoms with van der Waals surface area (Å²) in [4.78, 5) is 12.0. The second-order valence-electron chi connectivity index (χ2n) is 5.92. The van der Waals surface area contributed by atoms with E-state index in [0.29, 0.717) is 0 Å². The third-order valence-corrected chi connectivity index (χ3v) is 3.21. The number of carbonyl (C=O) groups is 1. The first-order valence-corrected chi connectivity index (χ1v) is 6.40. The average molecular weight is 260 g/mol. The van der Waals surface area contributed by atoms with Gasteiger partial charge >= 0.3 is 5.97 Å². The highest BCUT2D eigenvalue weighted by atomic mass is 16.5. The van der Waals surface area contributed by atoms with Crippen LogP contribution in [0.1, 0.15) is 44.9 Å². The van der Waals surface area contributed by atoms with Gasteiger partial charge in [0, 0.05) is 5.56 Å². The van der Waals surface area contributed by atoms with Crippen LogP contribution in [0.5, 0.6) is 5.75 Å². The van der Waals surface area contributed by atoms with Crippen LogP contribution in [0.4, 0.5) is 0 Å². The summed E-state index contributed by atoms with van der Waals surface area (Å²) in [5.74, 6) is 0.583. The maximum Gasteiger partial charge on any atom is 0.312 e. The highest BCUT2D eigenvalue weighted by Crippen LogP contribution is 2.39. The van der Waals surface area contributed by atoms with E-state index in [9.17, 15) is 4.79 Å². The van der Waals surface area contributed by atoms with Crippen molar-refractivity contribution >= 4 is 12.0 Å². The predicted octanol–water partition coefficient (Wildman–Crippen LogP) is 3.74. The van der Waals surface area contributed by atoms with Crippen LogP contribution in [-0.2, 0) is 9.53 Å². The van der Waals surface area contributed by atoms with E-state index in [0.717, 1.165) is 22.4 Å². The second-order valence-corrected chi connectivity index (χ2v) is 5.92. The zero-order valence-electron chi connectivity index (χ0n) is 12.1. The summed E-state index contributed by atoms with van der Waals surface area (Å²) >= 11 is 0. The van der Waals surface area contributed by atoms with E-state index < -0.39 is 5.41 Å². The number of benzene rings is 1. The van der Waals surface area contributed by atoms with Crippen LogP contribution in [0.15, 0.2) is 23.8 Å². The molecule has 0 aromatic heterocycles. The van der Waals surface area contributed by atoms with E-state index in [-0.39, 0.29) is 12.1 Å². The summed E-state index contributed by atoms with van der Waals surface area (Å²) in [6.45, 7) is 7.55. The second kappa shape index (κ2) is 4.72. The minimum Gasteiger partial charge on any atom is -0.497 e. The normalized spacial score (nSPS) is 17.7. The topological polar surface area (TPSA) is 35.5 Å². The summed E-state index contributed by atoms with van der Waals surface area (Å²) in [5, 5.41) is 0. The summed E-state index contributed by atoms with van der Waals surface area (Å²) in [5.41, 5.74) is 2.63. The van der Waals surface area contributed by atoms with Gasteiger partial charge in [0.25, 0.3) is 0 Å². The molecule has 0 heterocycles. The van der Waals surface area contributed by atoms with Crippen molar-refractivity contribution in [1.82, 2.24) is 0 Å². The van der Waals surface area contributed by atoms with Crippen LogP contribution in [0, 0.1) is 5.41 Å². The van der Waals surface area contributed by atoms with Gasteiger partial charge in [-0.05, 0) is 51.0 Å². The van der Waals surface area contributed by atoms with Crippen molar-refractivity contribution in [3.63, 3.8) is 0 Å². The smallest absolute Gasteiger partial charge is 0.312 e. The number of rotatable bonds is 2. The molecular weight excluding hydrogens is 240 g/mol. The third-order valence-electron chi connectivity index (χ3n) is 3.21. The molecular formula is C16H20O3. The molecule has 102 valence electrons. The molecule has 0 amide bonds. The minimum atomic E-state index is -0.498. The SMILES string of the molecule is COc1ccc2c(c1)C(OC(=O)C(C)(C)C)C(C)=C2. The van der Waals surface area contributed by atoms with Crippen molar-refractivity contribution in [3.05, 3.63) is 34.9 Å². The number of carbonyl (C=O) groups excluding carboxylic acids is 1. The van der Waals surface area contributed by atoms with Crippen molar-refractivity contribution in [3.8, 4) is 5.75 Å². The number of ether oxygens (including phenoxy) is 2. The van der Waals surface area contributed by atoms with Gasteiger partial charge in [-0.15, -0.1) is 0 Å². The van der Waals surface area contributed by atoms with E-state index in [4.69, 9.17) is 9.47 Å². The standard InChI is InChI=1S/C16H20O3/c1-10-8-11-6-7-12(18-5)9-13(11)14(10)19-15(17)16(2,3)4/h6-9,14H,1-5H3. The van der Waals surface area contributed by atoms with Crippen molar-refractivity contribution in [1.29, 1.82) is 0 Å². The molecule has 1 atom stereocenters. The lowest BCUT2D eigenvalue weighted by atomic mass is 9.97. The molecule has 19 heavy (non-hydrogen) atoms. The Morgan fingerprint density at radius 1 is 1.26 bits per heavy atom. The summed E-state index contributed by atoms with van der Waals surface area (Å²) < 4.78 is 10.9. The minimum absolute atomic E-state index is 0.194. The van der Waals surface area contributed by atoms with E-state index in [1.54, 1.807) is 7.11 Å². The Morgan fingerprint density at radius 3 is 2.53 bits per heavy atom. The van der Waals surface area contributed by atoms with Crippen molar-refractivity contribution in [2.45, 2.75) is 33.8 Å². The summed E-state index contributed by atoms with van der Waals surface area (Å²) in [6, 6.07) is 5.84. The Bertz CT molecular complexity index is 535. The van der Waals surface area contributed by atoms with Gasteiger partial charge < -0.3 is 9.47 Å². The molecule has 0 bridgehead atoms. The Kier molecular flexibility index (Phi) is 3.40. The van der Waals surface area contributed by atoms with Gasteiger partial charge in [-0.25, -0.2) is 0 Å². The summed E-state index contributed by atoms with van der Waals surface area (Å²) in [6.07, 6.45) is 1.76. The van der Waals surface area contributed by atoms with E-state index >= 15 is 0 Å². The Balaban J connectivity index is 2.30. The summed E-state index contributed by atoms with van der Waals surface area (Å²) in [7, 11) is 1.63. The van der Waals surface area contributed by atoms with Crippen LogP contribution in [-0.4, -0.2) is 13.1 Å². The highest BCUT2D eigenvalue weighted by Gasteiger charge is 2.31. The van der Waals surface area contributed by atoms with Gasteiger partial charge in [-0.1, -0.05) is 12.1 Å². The predicted molar refractivity (Wildman–Crippen MR) is 74.9 cm³/mol. The van der Waals surface area contributed by atoms with Gasteiger partial charge in [0.05, 0.1) is 12.5 Å². The molecule has 0 fully saturated rings. The van der Waals surface area contributed by atoms with Gasteiger partial charge in [0.15, 0.2) is 0 Å². The maximum absolute atomic E-state index is 12.0. The number of fused-ring (bicyclic) bond motifs is 1. The number of esters is 1. The number of hydrogen-bond donors (Lipinski definition) is 0. The third kappa shape index (κ3) is 2.65. The fourth-order valence-corrected chi connectivity index (χ4v) is 2.04. The highest BCUT2D eigenvalue weighted by molar-refractivity contribution is 5.77. The molecule has 1 aliphatic rings. The molecule has 0 N–H and O–H groups in total. The molecule has 3 nitrogen and oxygen atoms in total. The van der Waals surface area contributed by atoms with E-state index in [1.807, 2.05) is 45.9 Å². The molecule has 0 saturated carbocycles. The zero-order valence-corrected chi connectivity index (χ0v) is 12.1. The van der Waals surface area contributed by atoms with E-state index in [1.165, 1.54) is 0 Å². The number of hydrogen-bond acceptors (Lipinski definition) is 3. The fraction of sp³-hybridized carbons (Fsp3) is 0.438. The van der Waals surface area contributed by atoms with Gasteiger partial charge in [0.1, 0.15) is 11.9 Å². The fourth-order valence-electron chi connectivity index (χ4n) is 2.04. The molecule has 1 aromatic rings. The Hall–Kier alpha value is -1.77. The molecule has 0 spiro atoms. The monoisotopic (exact) mass is 260 g/mol. The van der Waals surface area contributed by atoms with Crippen molar-refractivity contribution in [2.24, 2.45) is 5.41 Å². The molecule has 0 aliphatic heterocycles. The van der Waals surface area contributed by atoms with Crippen molar-refractivity contribution in [2.75, 3.05) is 7.11 Å². The molecule has 3 heteroatoms. The lowest BCUT2D eigenvalue weighted by molar-refractivity contribution is -0.157. The van der Waals surface area contributed by atoms with Crippen LogP contribution in [0.2, 0.25) is 0 Å². The van der Waals surface area contributed by atoms with Crippen LogP contribution in [0.25, 0.3) is 6.08 Å². The van der Waals surface area contributed by atoms with Gasteiger partial charge in [-0.2, -0.15) is 0 Å². The molecule has 1 aromatic carbocycles. The Labute approximate surface area is 114 Å². The quantitative estimate of drug-likeness (QED) is 0.760. The molecule has 0 saturated heterocycles. The molecule has 1 aliphatic carbocycles. The lowest BCUT2D eigenvalue weighted by Crippen LogP contribution is -2.24. The maximum atomic E-state index is 12.0. The van der Waals surface area contributed by atoms with E-state index in [2.05, 4.69) is 6.08 Å². The average Bonchev–Trinajstić information content (AvgIpc) is 2.64. The first-order valence-electron chi connectivity index (χ1n) is 6.40. The molecule has 1 unspecified atom stereocenters. The Morgan fingerprint density at radius 2 is 1.95 bits per heavy atom. The molecule has 0 radical (unpaired) electrons. The number of methoxy groups -OCH3 is 1. The first-order chi connectivity index (χ1) is 8.82. The van der Waals surface area contributed by atoms with Gasteiger partial charge in [-0.3, -0.25) is 4.79 Å². The van der Waals surface area contributed by atoms with Crippen LogP contribution >= 0.6 is 0 Å². The largest absolute Gasteiger partial charge is 0.497 e.